The molecule has 0 saturated carbocycles. The summed E-state index contributed by atoms with van der Waals surface area (Å²) in [6.07, 6.45) is 0. The summed E-state index contributed by atoms with van der Waals surface area (Å²) in [5.41, 5.74) is 2.94. The Hall–Kier alpha value is -2.38. The highest BCUT2D eigenvalue weighted by atomic mass is 19.1. The molecule has 0 fully saturated rings. The van der Waals surface area contributed by atoms with Gasteiger partial charge in [0.15, 0.2) is 0 Å². The van der Waals surface area contributed by atoms with Gasteiger partial charge in [0.2, 0.25) is 0 Å². The van der Waals surface area contributed by atoms with Crippen molar-refractivity contribution >= 4 is 5.69 Å². The number of nitriles is 1. The van der Waals surface area contributed by atoms with E-state index in [2.05, 4.69) is 5.32 Å². The summed E-state index contributed by atoms with van der Waals surface area (Å²) >= 11 is 0. The van der Waals surface area contributed by atoms with E-state index in [-0.39, 0.29) is 5.56 Å². The molecule has 0 aliphatic carbocycles. The van der Waals surface area contributed by atoms with Gasteiger partial charge >= 0.3 is 0 Å². The summed E-state index contributed by atoms with van der Waals surface area (Å²) in [4.78, 5) is 0. The molecule has 2 aromatic carbocycles. The largest absolute Gasteiger partial charge is 0.381 e. The first-order chi connectivity index (χ1) is 9.74. The Morgan fingerprint density at radius 1 is 1.25 bits per heavy atom. The minimum atomic E-state index is -0.490. The van der Waals surface area contributed by atoms with Crippen LogP contribution in [0.1, 0.15) is 16.7 Å². The van der Waals surface area contributed by atoms with Gasteiger partial charge in [-0.2, -0.15) is 5.26 Å². The monoisotopic (exact) mass is 270 g/mol. The third-order valence-corrected chi connectivity index (χ3v) is 2.95. The molecule has 0 heterocycles. The van der Waals surface area contributed by atoms with Gasteiger partial charge in [0.05, 0.1) is 12.2 Å². The summed E-state index contributed by atoms with van der Waals surface area (Å²) < 4.78 is 18.4. The summed E-state index contributed by atoms with van der Waals surface area (Å²) in [7, 11) is 1.65. The lowest BCUT2D eigenvalue weighted by atomic mass is 10.1. The van der Waals surface area contributed by atoms with E-state index in [9.17, 15) is 4.39 Å². The molecule has 0 radical (unpaired) electrons. The maximum absolute atomic E-state index is 13.2. The molecule has 3 nitrogen and oxygen atoms in total. The fraction of sp³-hybridized carbons (Fsp3) is 0.188. The lowest BCUT2D eigenvalue weighted by Crippen LogP contribution is -2.03. The van der Waals surface area contributed by atoms with Gasteiger partial charge in [-0.1, -0.05) is 24.3 Å². The van der Waals surface area contributed by atoms with E-state index in [4.69, 9.17) is 10.00 Å². The summed E-state index contributed by atoms with van der Waals surface area (Å²) in [5, 5.41) is 12.1. The smallest absolute Gasteiger partial charge is 0.140 e. The number of anilines is 1. The molecular weight excluding hydrogens is 255 g/mol. The van der Waals surface area contributed by atoms with Crippen molar-refractivity contribution in [3.05, 3.63) is 65.0 Å². The first kappa shape index (κ1) is 14.0. The van der Waals surface area contributed by atoms with E-state index in [1.54, 1.807) is 19.2 Å². The Balaban J connectivity index is 2.11. The van der Waals surface area contributed by atoms with E-state index in [0.29, 0.717) is 13.2 Å². The van der Waals surface area contributed by atoms with Gasteiger partial charge in [-0.15, -0.1) is 0 Å². The van der Waals surface area contributed by atoms with Crippen LogP contribution in [0.25, 0.3) is 0 Å². The zero-order chi connectivity index (χ0) is 14.4. The molecule has 0 saturated heterocycles. The number of methoxy groups -OCH3 is 1. The Bertz CT molecular complexity index is 635. The zero-order valence-electron chi connectivity index (χ0n) is 11.2. The molecule has 0 bridgehead atoms. The topological polar surface area (TPSA) is 45.0 Å². The van der Waals surface area contributed by atoms with Crippen molar-refractivity contribution in [2.45, 2.75) is 13.2 Å². The maximum atomic E-state index is 13.2. The first-order valence-corrected chi connectivity index (χ1v) is 6.24. The lowest BCUT2D eigenvalue weighted by Gasteiger charge is -2.11. The molecule has 102 valence electrons. The molecule has 0 aromatic heterocycles. The SMILES string of the molecule is COCc1ccccc1NCc1ccc(F)c(C#N)c1. The van der Waals surface area contributed by atoms with Gasteiger partial charge in [0, 0.05) is 24.9 Å². The first-order valence-electron chi connectivity index (χ1n) is 6.24. The van der Waals surface area contributed by atoms with Gasteiger partial charge in [-0.3, -0.25) is 0 Å². The number of benzene rings is 2. The van der Waals surface area contributed by atoms with Gasteiger partial charge in [-0.05, 0) is 23.8 Å². The summed E-state index contributed by atoms with van der Waals surface area (Å²) in [6, 6.07) is 14.2. The fourth-order valence-corrected chi connectivity index (χ4v) is 1.94. The quantitative estimate of drug-likeness (QED) is 0.905. The van der Waals surface area contributed by atoms with Crippen molar-refractivity contribution in [1.82, 2.24) is 0 Å². The summed E-state index contributed by atoms with van der Waals surface area (Å²) in [5.74, 6) is -0.490. The van der Waals surface area contributed by atoms with Crippen LogP contribution >= 0.6 is 0 Å². The number of para-hydroxylation sites is 1. The highest BCUT2D eigenvalue weighted by Crippen LogP contribution is 2.17. The number of ether oxygens (including phenoxy) is 1. The molecule has 2 aromatic rings. The second-order valence-corrected chi connectivity index (χ2v) is 4.37. The Morgan fingerprint density at radius 3 is 2.80 bits per heavy atom. The number of hydrogen-bond donors (Lipinski definition) is 1. The van der Waals surface area contributed by atoms with Crippen LogP contribution in [0.2, 0.25) is 0 Å². The molecule has 0 aliphatic rings. The Morgan fingerprint density at radius 2 is 2.05 bits per heavy atom. The molecule has 0 atom stereocenters. The molecule has 4 heteroatoms. The third kappa shape index (κ3) is 3.34. The van der Waals surface area contributed by atoms with Crippen LogP contribution < -0.4 is 5.32 Å². The van der Waals surface area contributed by atoms with Crippen LogP contribution in [0, 0.1) is 17.1 Å². The van der Waals surface area contributed by atoms with Gasteiger partial charge in [-0.25, -0.2) is 4.39 Å². The number of halogens is 1. The van der Waals surface area contributed by atoms with Crippen LogP contribution in [0.3, 0.4) is 0 Å². The van der Waals surface area contributed by atoms with E-state index in [1.807, 2.05) is 30.3 Å². The normalized spacial score (nSPS) is 10.1. The molecule has 1 N–H and O–H groups in total. The molecule has 20 heavy (non-hydrogen) atoms. The number of rotatable bonds is 5. The maximum Gasteiger partial charge on any atom is 0.140 e. The molecule has 0 aliphatic heterocycles. The van der Waals surface area contributed by atoms with Crippen LogP contribution in [-0.4, -0.2) is 7.11 Å². The van der Waals surface area contributed by atoms with Crippen molar-refractivity contribution in [2.75, 3.05) is 12.4 Å². The third-order valence-electron chi connectivity index (χ3n) is 2.95. The van der Waals surface area contributed by atoms with E-state index >= 15 is 0 Å². The molecule has 0 spiro atoms. The van der Waals surface area contributed by atoms with Crippen LogP contribution in [0.4, 0.5) is 10.1 Å². The van der Waals surface area contributed by atoms with Crippen molar-refractivity contribution in [3.8, 4) is 6.07 Å². The van der Waals surface area contributed by atoms with Crippen LogP contribution in [-0.2, 0) is 17.9 Å². The number of nitrogens with one attached hydrogen (secondary N) is 1. The predicted molar refractivity (Wildman–Crippen MR) is 75.6 cm³/mol. The van der Waals surface area contributed by atoms with Gasteiger partial charge < -0.3 is 10.1 Å². The van der Waals surface area contributed by atoms with Crippen LogP contribution in [0.15, 0.2) is 42.5 Å². The molecular formula is C16H15FN2O. The predicted octanol–water partition coefficient (Wildman–Crippen LogP) is 3.46. The second kappa shape index (κ2) is 6.69. The van der Waals surface area contributed by atoms with E-state index in [0.717, 1.165) is 16.8 Å². The summed E-state index contributed by atoms with van der Waals surface area (Å²) in [6.45, 7) is 1.05. The average Bonchev–Trinajstić information content (AvgIpc) is 2.48. The Labute approximate surface area is 117 Å². The minimum absolute atomic E-state index is 0.0643. The van der Waals surface area contributed by atoms with Crippen molar-refractivity contribution in [3.63, 3.8) is 0 Å². The zero-order valence-corrected chi connectivity index (χ0v) is 11.2. The lowest BCUT2D eigenvalue weighted by molar-refractivity contribution is 0.185. The van der Waals surface area contributed by atoms with Crippen LogP contribution in [0.5, 0.6) is 0 Å². The highest BCUT2D eigenvalue weighted by molar-refractivity contribution is 5.51. The molecule has 2 rings (SSSR count). The van der Waals surface area contributed by atoms with Gasteiger partial charge in [0.1, 0.15) is 11.9 Å². The Kier molecular flexibility index (Phi) is 4.70. The average molecular weight is 270 g/mol. The van der Waals surface area contributed by atoms with Gasteiger partial charge in [0.25, 0.3) is 0 Å². The molecule has 0 unspecified atom stereocenters. The second-order valence-electron chi connectivity index (χ2n) is 4.37. The standard InChI is InChI=1S/C16H15FN2O/c1-20-11-13-4-2-3-5-16(13)19-10-12-6-7-15(17)14(8-12)9-18/h2-8,19H,10-11H2,1H3. The minimum Gasteiger partial charge on any atom is -0.381 e. The molecule has 0 amide bonds. The fourth-order valence-electron chi connectivity index (χ4n) is 1.94. The number of hydrogen-bond acceptors (Lipinski definition) is 3. The highest BCUT2D eigenvalue weighted by Gasteiger charge is 2.04. The van der Waals surface area contributed by atoms with Crippen molar-refractivity contribution in [1.29, 1.82) is 5.26 Å². The van der Waals surface area contributed by atoms with E-state index in [1.165, 1.54) is 6.07 Å². The van der Waals surface area contributed by atoms with Crippen molar-refractivity contribution < 1.29 is 9.13 Å². The van der Waals surface area contributed by atoms with E-state index < -0.39 is 5.82 Å². The number of nitrogens with zero attached hydrogens (tertiary/aromatic N) is 1. The van der Waals surface area contributed by atoms with Crippen molar-refractivity contribution in [2.24, 2.45) is 0 Å².